The first-order valence-electron chi connectivity index (χ1n) is 20.3. The number of hydrogen-bond acceptors (Lipinski definition) is 4. The summed E-state index contributed by atoms with van der Waals surface area (Å²) in [5, 5.41) is 7.75. The van der Waals surface area contributed by atoms with Crippen molar-refractivity contribution in [3.63, 3.8) is 0 Å². The van der Waals surface area contributed by atoms with E-state index < -0.39 is 0 Å². The summed E-state index contributed by atoms with van der Waals surface area (Å²) in [6, 6.07) is 71.7. The van der Waals surface area contributed by atoms with Gasteiger partial charge in [-0.15, -0.1) is 22.7 Å². The third-order valence-electron chi connectivity index (χ3n) is 12.4. The Labute approximate surface area is 351 Å². The number of fused-ring (bicyclic) bond motifs is 11. The lowest BCUT2D eigenvalue weighted by Crippen LogP contribution is -2.16. The van der Waals surface area contributed by atoms with Gasteiger partial charge in [0.25, 0.3) is 0 Å². The first-order valence-corrected chi connectivity index (χ1v) is 21.9. The van der Waals surface area contributed by atoms with Crippen LogP contribution >= 0.6 is 22.7 Å². The average Bonchev–Trinajstić information content (AvgIpc) is 3.91. The smallest absolute Gasteiger partial charge is 0.0554 e. The van der Waals surface area contributed by atoms with Gasteiger partial charge in [-0.3, -0.25) is 0 Å². The third kappa shape index (κ3) is 5.30. The second-order valence-corrected chi connectivity index (χ2v) is 18.3. The van der Waals surface area contributed by atoms with E-state index in [9.17, 15) is 0 Å². The van der Waals surface area contributed by atoms with Crippen LogP contribution in [0.15, 0.2) is 194 Å². The molecule has 0 saturated heterocycles. The number of nitrogens with zero attached hydrogens (tertiary/aromatic N) is 2. The number of para-hydroxylation sites is 2. The van der Waals surface area contributed by atoms with Gasteiger partial charge in [0.1, 0.15) is 0 Å². The topological polar surface area (TPSA) is 6.48 Å². The summed E-state index contributed by atoms with van der Waals surface area (Å²) in [4.78, 5) is 4.87. The fraction of sp³-hybridized carbons (Fsp3) is 0.0545. The Balaban J connectivity index is 1.01. The molecule has 2 heterocycles. The molecule has 0 spiro atoms. The maximum absolute atomic E-state index is 2.45. The molecule has 1 aliphatic rings. The SMILES string of the molecule is CC1(C)c2ccccc2-c2ccc(N(c3ccccc3)c3ccc4c(c3)sc3cc(N(c5ccccc5)c5cc6sc7ccccc7c6c6ccccc56)ccc34)cc21. The van der Waals surface area contributed by atoms with Crippen LogP contribution in [0.4, 0.5) is 34.1 Å². The van der Waals surface area contributed by atoms with Crippen molar-refractivity contribution in [1.82, 2.24) is 0 Å². The standard InChI is InChI=1S/C55H38N2S2/c1-55(2)47-23-13-11-19-40(47)41-28-25-37(31-48(41)55)56(35-15-5-3-6-16-35)38-26-29-43-44-30-27-39(33-52(44)59-51(43)32-38)57(36-17-7-4-8-18-36)49-34-53-54(45-21-10-9-20-42(45)49)46-22-12-14-24-50(46)58-53/h3-34H,1-2H3. The van der Waals surface area contributed by atoms with E-state index in [1.807, 2.05) is 22.7 Å². The van der Waals surface area contributed by atoms with Crippen molar-refractivity contribution in [3.05, 3.63) is 205 Å². The number of rotatable bonds is 6. The molecule has 0 saturated carbocycles. The highest BCUT2D eigenvalue weighted by Crippen LogP contribution is 2.52. The lowest BCUT2D eigenvalue weighted by Gasteiger charge is -2.28. The van der Waals surface area contributed by atoms with E-state index in [-0.39, 0.29) is 5.41 Å². The van der Waals surface area contributed by atoms with Gasteiger partial charge >= 0.3 is 0 Å². The van der Waals surface area contributed by atoms with E-state index in [1.165, 1.54) is 84.7 Å². The summed E-state index contributed by atoms with van der Waals surface area (Å²) in [6.07, 6.45) is 0. The molecule has 0 radical (unpaired) electrons. The highest BCUT2D eigenvalue weighted by atomic mass is 32.1. The maximum atomic E-state index is 2.45. The number of thiophene rings is 2. The molecule has 2 aromatic heterocycles. The molecule has 0 N–H and O–H groups in total. The van der Waals surface area contributed by atoms with Crippen LogP contribution in [-0.2, 0) is 5.41 Å². The predicted molar refractivity (Wildman–Crippen MR) is 257 cm³/mol. The Hall–Kier alpha value is -6.72. The van der Waals surface area contributed by atoms with Crippen molar-refractivity contribution < 1.29 is 0 Å². The predicted octanol–water partition coefficient (Wildman–Crippen LogP) is 16.8. The Morgan fingerprint density at radius 2 is 0.864 bits per heavy atom. The first kappa shape index (κ1) is 34.3. The second kappa shape index (κ2) is 13.2. The Kier molecular flexibility index (Phi) is 7.65. The van der Waals surface area contributed by atoms with Gasteiger partial charge in [-0.05, 0) is 100 Å². The van der Waals surface area contributed by atoms with Crippen LogP contribution in [-0.4, -0.2) is 0 Å². The largest absolute Gasteiger partial charge is 0.310 e. The van der Waals surface area contributed by atoms with Crippen molar-refractivity contribution in [3.8, 4) is 11.1 Å². The minimum Gasteiger partial charge on any atom is -0.310 e. The van der Waals surface area contributed by atoms with E-state index in [0.29, 0.717) is 0 Å². The zero-order valence-electron chi connectivity index (χ0n) is 32.7. The summed E-state index contributed by atoms with van der Waals surface area (Å²) in [5.41, 5.74) is 12.3. The highest BCUT2D eigenvalue weighted by Gasteiger charge is 2.35. The van der Waals surface area contributed by atoms with E-state index >= 15 is 0 Å². The van der Waals surface area contributed by atoms with Crippen LogP contribution in [0.5, 0.6) is 0 Å². The fourth-order valence-corrected chi connectivity index (χ4v) is 12.0. The Morgan fingerprint density at radius 3 is 1.59 bits per heavy atom. The molecule has 59 heavy (non-hydrogen) atoms. The van der Waals surface area contributed by atoms with Crippen LogP contribution in [0.2, 0.25) is 0 Å². The summed E-state index contributed by atoms with van der Waals surface area (Å²) in [6.45, 7) is 4.71. The van der Waals surface area contributed by atoms with Gasteiger partial charge in [-0.25, -0.2) is 0 Å². The normalized spacial score (nSPS) is 13.1. The van der Waals surface area contributed by atoms with Crippen LogP contribution < -0.4 is 9.80 Å². The average molecular weight is 791 g/mol. The lowest BCUT2D eigenvalue weighted by molar-refractivity contribution is 0.660. The molecular formula is C55H38N2S2. The van der Waals surface area contributed by atoms with Gasteiger partial charge in [0.05, 0.1) is 5.69 Å². The molecule has 2 nitrogen and oxygen atoms in total. The molecule has 1 aliphatic carbocycles. The van der Waals surface area contributed by atoms with Crippen LogP contribution in [0.25, 0.3) is 62.2 Å². The van der Waals surface area contributed by atoms with Crippen LogP contribution in [0.1, 0.15) is 25.0 Å². The van der Waals surface area contributed by atoms with E-state index in [1.54, 1.807) is 0 Å². The maximum Gasteiger partial charge on any atom is 0.0554 e. The minimum atomic E-state index is -0.0824. The quantitative estimate of drug-likeness (QED) is 0.166. The van der Waals surface area contributed by atoms with Crippen molar-refractivity contribution >= 4 is 108 Å². The molecule has 11 aromatic rings. The van der Waals surface area contributed by atoms with Gasteiger partial charge < -0.3 is 9.80 Å². The molecule has 0 unspecified atom stereocenters. The lowest BCUT2D eigenvalue weighted by atomic mass is 9.82. The van der Waals surface area contributed by atoms with Crippen molar-refractivity contribution in [2.24, 2.45) is 0 Å². The van der Waals surface area contributed by atoms with E-state index in [4.69, 9.17) is 0 Å². The number of benzene rings is 9. The van der Waals surface area contributed by atoms with Gasteiger partial charge in [0.2, 0.25) is 0 Å². The second-order valence-electron chi connectivity index (χ2n) is 16.1. The molecule has 280 valence electrons. The molecule has 0 bridgehead atoms. The van der Waals surface area contributed by atoms with Crippen molar-refractivity contribution in [1.29, 1.82) is 0 Å². The fourth-order valence-electron chi connectivity index (χ4n) is 9.65. The van der Waals surface area contributed by atoms with Crippen molar-refractivity contribution in [2.45, 2.75) is 19.3 Å². The van der Waals surface area contributed by atoms with Crippen LogP contribution in [0, 0.1) is 0 Å². The van der Waals surface area contributed by atoms with E-state index in [0.717, 1.165) is 22.7 Å². The van der Waals surface area contributed by atoms with Crippen molar-refractivity contribution in [2.75, 3.05) is 9.80 Å². The molecule has 12 rings (SSSR count). The number of hydrogen-bond donors (Lipinski definition) is 0. The van der Waals surface area contributed by atoms with Gasteiger partial charge in [0.15, 0.2) is 0 Å². The van der Waals surface area contributed by atoms with Crippen LogP contribution in [0.3, 0.4) is 0 Å². The summed E-state index contributed by atoms with van der Waals surface area (Å²) < 4.78 is 5.16. The minimum absolute atomic E-state index is 0.0824. The zero-order valence-corrected chi connectivity index (χ0v) is 34.3. The summed E-state index contributed by atoms with van der Waals surface area (Å²) in [5.74, 6) is 0. The number of anilines is 6. The monoisotopic (exact) mass is 790 g/mol. The summed E-state index contributed by atoms with van der Waals surface area (Å²) >= 11 is 3.75. The van der Waals surface area contributed by atoms with E-state index in [2.05, 4.69) is 218 Å². The highest BCUT2D eigenvalue weighted by molar-refractivity contribution is 7.26. The molecule has 0 aliphatic heterocycles. The molecule has 0 amide bonds. The van der Waals surface area contributed by atoms with Gasteiger partial charge in [0, 0.05) is 79.6 Å². The molecule has 9 aromatic carbocycles. The Bertz CT molecular complexity index is 3430. The molecule has 0 atom stereocenters. The third-order valence-corrected chi connectivity index (χ3v) is 14.6. The first-order chi connectivity index (χ1) is 29.0. The molecule has 0 fully saturated rings. The Morgan fingerprint density at radius 1 is 0.339 bits per heavy atom. The molecular weight excluding hydrogens is 753 g/mol. The zero-order chi connectivity index (χ0) is 39.2. The van der Waals surface area contributed by atoms with Gasteiger partial charge in [-0.1, -0.05) is 135 Å². The molecule has 4 heteroatoms. The van der Waals surface area contributed by atoms with Gasteiger partial charge in [-0.2, -0.15) is 0 Å². The summed E-state index contributed by atoms with van der Waals surface area (Å²) in [7, 11) is 0.